The highest BCUT2D eigenvalue weighted by atomic mass is 35.5. The highest BCUT2D eigenvalue weighted by Crippen LogP contribution is 2.27. The van der Waals surface area contributed by atoms with Crippen molar-refractivity contribution in [3.8, 4) is 0 Å². The molecule has 2 aromatic carbocycles. The highest BCUT2D eigenvalue weighted by molar-refractivity contribution is 7.92. The summed E-state index contributed by atoms with van der Waals surface area (Å²) in [5, 5.41) is 3.48. The first-order valence-electron chi connectivity index (χ1n) is 10.9. The number of aryl methyl sites for hydroxylation is 1. The summed E-state index contributed by atoms with van der Waals surface area (Å²) in [6.07, 6.45) is 1.84. The lowest BCUT2D eigenvalue weighted by Crippen LogP contribution is -2.52. The zero-order valence-electron chi connectivity index (χ0n) is 20.0. The molecular weight excluding hydrogens is 497 g/mol. The summed E-state index contributed by atoms with van der Waals surface area (Å²) in [6.45, 7) is 6.66. The molecule has 0 aromatic heterocycles. The Hall–Kier alpha value is -2.29. The maximum Gasteiger partial charge on any atom is 0.244 e. The van der Waals surface area contributed by atoms with Crippen LogP contribution in [-0.2, 0) is 32.6 Å². The van der Waals surface area contributed by atoms with Gasteiger partial charge in [0, 0.05) is 28.2 Å². The Labute approximate surface area is 212 Å². The minimum absolute atomic E-state index is 0.0591. The number of rotatable bonds is 10. The van der Waals surface area contributed by atoms with Gasteiger partial charge in [0.25, 0.3) is 0 Å². The zero-order chi connectivity index (χ0) is 25.6. The average molecular weight is 529 g/mol. The van der Waals surface area contributed by atoms with Gasteiger partial charge < -0.3 is 10.2 Å². The largest absolute Gasteiger partial charge is 0.352 e. The van der Waals surface area contributed by atoms with Crippen molar-refractivity contribution in [2.45, 2.75) is 52.7 Å². The van der Waals surface area contributed by atoms with Crippen molar-refractivity contribution in [3.05, 3.63) is 63.6 Å². The molecular formula is C24H31Cl2N3O4S. The van der Waals surface area contributed by atoms with Crippen molar-refractivity contribution in [3.63, 3.8) is 0 Å². The Balaban J connectivity index is 2.44. The number of sulfonamides is 1. The number of hydrogen-bond donors (Lipinski definition) is 1. The zero-order valence-corrected chi connectivity index (χ0v) is 22.3. The molecule has 0 spiro atoms. The Morgan fingerprint density at radius 1 is 1.00 bits per heavy atom. The van der Waals surface area contributed by atoms with Crippen LogP contribution in [0.15, 0.2) is 42.5 Å². The van der Waals surface area contributed by atoms with E-state index < -0.39 is 28.5 Å². The van der Waals surface area contributed by atoms with E-state index in [1.54, 1.807) is 37.3 Å². The molecule has 2 rings (SSSR count). The van der Waals surface area contributed by atoms with E-state index in [1.165, 1.54) is 4.90 Å². The first-order valence-corrected chi connectivity index (χ1v) is 13.5. The summed E-state index contributed by atoms with van der Waals surface area (Å²) in [5.41, 5.74) is 1.88. The molecule has 34 heavy (non-hydrogen) atoms. The first kappa shape index (κ1) is 28.0. The Kier molecular flexibility index (Phi) is 9.79. The molecule has 0 unspecified atom stereocenters. The number of anilines is 1. The van der Waals surface area contributed by atoms with Gasteiger partial charge in [-0.1, -0.05) is 48.3 Å². The number of amides is 2. The molecule has 0 bridgehead atoms. The van der Waals surface area contributed by atoms with Crippen LogP contribution in [-0.4, -0.2) is 50.0 Å². The Morgan fingerprint density at radius 3 is 2.03 bits per heavy atom. The molecule has 1 atom stereocenters. The maximum absolute atomic E-state index is 13.5. The third kappa shape index (κ3) is 7.35. The van der Waals surface area contributed by atoms with Crippen LogP contribution in [0.1, 0.15) is 38.8 Å². The summed E-state index contributed by atoms with van der Waals surface area (Å²) >= 11 is 12.6. The second-order valence-electron chi connectivity index (χ2n) is 8.35. The third-order valence-electron chi connectivity index (χ3n) is 5.30. The van der Waals surface area contributed by atoms with Crippen molar-refractivity contribution >= 4 is 50.7 Å². The van der Waals surface area contributed by atoms with Gasteiger partial charge in [0.2, 0.25) is 21.8 Å². The number of carbonyl (C=O) groups excluding carboxylic acids is 2. The van der Waals surface area contributed by atoms with Crippen LogP contribution in [0.5, 0.6) is 0 Å². The summed E-state index contributed by atoms with van der Waals surface area (Å²) in [4.78, 5) is 27.6. The Morgan fingerprint density at radius 2 is 1.56 bits per heavy atom. The van der Waals surface area contributed by atoms with Crippen molar-refractivity contribution in [1.82, 2.24) is 10.2 Å². The molecule has 0 aliphatic heterocycles. The van der Waals surface area contributed by atoms with Crippen LogP contribution in [0.2, 0.25) is 10.0 Å². The monoisotopic (exact) mass is 527 g/mol. The molecule has 186 valence electrons. The van der Waals surface area contributed by atoms with E-state index in [0.29, 0.717) is 21.3 Å². The molecule has 0 saturated heterocycles. The fourth-order valence-electron chi connectivity index (χ4n) is 3.35. The topological polar surface area (TPSA) is 86.8 Å². The van der Waals surface area contributed by atoms with Gasteiger partial charge in [0.1, 0.15) is 12.6 Å². The number of hydrogen-bond acceptors (Lipinski definition) is 4. The number of nitrogens with one attached hydrogen (secondary N) is 1. The number of nitrogens with zero attached hydrogens (tertiary/aromatic N) is 2. The average Bonchev–Trinajstić information content (AvgIpc) is 2.75. The summed E-state index contributed by atoms with van der Waals surface area (Å²) in [7, 11) is -3.79. The minimum atomic E-state index is -3.79. The van der Waals surface area contributed by atoms with Crippen LogP contribution in [0, 0.1) is 0 Å². The second-order valence-corrected chi connectivity index (χ2v) is 11.1. The van der Waals surface area contributed by atoms with E-state index in [2.05, 4.69) is 5.32 Å². The molecule has 0 fully saturated rings. The molecule has 0 radical (unpaired) electrons. The molecule has 2 aromatic rings. The van der Waals surface area contributed by atoms with Crippen LogP contribution >= 0.6 is 23.2 Å². The lowest BCUT2D eigenvalue weighted by Gasteiger charge is -2.32. The number of carbonyl (C=O) groups is 2. The lowest BCUT2D eigenvalue weighted by atomic mass is 10.1. The number of halogens is 2. The summed E-state index contributed by atoms with van der Waals surface area (Å²) < 4.78 is 26.2. The van der Waals surface area contributed by atoms with Crippen molar-refractivity contribution < 1.29 is 18.0 Å². The third-order valence-corrected chi connectivity index (χ3v) is 7.15. The van der Waals surface area contributed by atoms with Crippen molar-refractivity contribution in [2.24, 2.45) is 0 Å². The highest BCUT2D eigenvalue weighted by Gasteiger charge is 2.31. The lowest BCUT2D eigenvalue weighted by molar-refractivity contribution is -0.139. The molecule has 0 heterocycles. The predicted octanol–water partition coefficient (Wildman–Crippen LogP) is 4.26. The maximum atomic E-state index is 13.5. The van der Waals surface area contributed by atoms with Crippen LogP contribution < -0.4 is 9.62 Å². The van der Waals surface area contributed by atoms with Crippen molar-refractivity contribution in [1.29, 1.82) is 0 Å². The van der Waals surface area contributed by atoms with Gasteiger partial charge in [-0.15, -0.1) is 0 Å². The molecule has 2 amide bonds. The van der Waals surface area contributed by atoms with Crippen LogP contribution in [0.3, 0.4) is 0 Å². The number of benzene rings is 2. The van der Waals surface area contributed by atoms with Gasteiger partial charge in [0.05, 0.1) is 11.9 Å². The second kappa shape index (κ2) is 11.9. The predicted molar refractivity (Wildman–Crippen MR) is 138 cm³/mol. The summed E-state index contributed by atoms with van der Waals surface area (Å²) in [6, 6.07) is 10.9. The normalized spacial score (nSPS) is 12.4. The van der Waals surface area contributed by atoms with Crippen molar-refractivity contribution in [2.75, 3.05) is 17.1 Å². The molecule has 0 saturated carbocycles. The molecule has 0 aliphatic carbocycles. The van der Waals surface area contributed by atoms with E-state index in [-0.39, 0.29) is 18.5 Å². The fourth-order valence-corrected chi connectivity index (χ4v) is 4.72. The Bertz CT molecular complexity index is 1100. The fraction of sp³-hybridized carbons (Fsp3) is 0.417. The van der Waals surface area contributed by atoms with Gasteiger partial charge >= 0.3 is 0 Å². The van der Waals surface area contributed by atoms with Gasteiger partial charge in [-0.25, -0.2) is 8.42 Å². The molecule has 0 aliphatic rings. The van der Waals surface area contributed by atoms with E-state index in [1.807, 2.05) is 32.9 Å². The van der Waals surface area contributed by atoms with E-state index >= 15 is 0 Å². The molecule has 7 nitrogen and oxygen atoms in total. The van der Waals surface area contributed by atoms with Gasteiger partial charge in [-0.3, -0.25) is 13.9 Å². The van der Waals surface area contributed by atoms with Crippen LogP contribution in [0.4, 0.5) is 5.69 Å². The van der Waals surface area contributed by atoms with E-state index in [9.17, 15) is 18.0 Å². The quantitative estimate of drug-likeness (QED) is 0.499. The van der Waals surface area contributed by atoms with Gasteiger partial charge in [-0.2, -0.15) is 0 Å². The first-order chi connectivity index (χ1) is 15.8. The van der Waals surface area contributed by atoms with Gasteiger partial charge in [-0.05, 0) is 57.0 Å². The standard InChI is InChI=1S/C24H31Cl2N3O4S/c1-6-18-10-12-19(13-11-18)29(34(5,32)33)15-23(30)28(17(4)24(31)27-16(2)3)14-20-21(25)8-7-9-22(20)26/h7-13,16-17H,6,14-15H2,1-5H3,(H,27,31)/t17-/m1/s1. The van der Waals surface area contributed by atoms with E-state index in [0.717, 1.165) is 22.5 Å². The molecule has 1 N–H and O–H groups in total. The van der Waals surface area contributed by atoms with Crippen LogP contribution in [0.25, 0.3) is 0 Å². The SMILES string of the molecule is CCc1ccc(N(CC(=O)N(Cc2c(Cl)cccc2Cl)[C@H](C)C(=O)NC(C)C)S(C)(=O)=O)cc1. The smallest absolute Gasteiger partial charge is 0.244 e. The van der Waals surface area contributed by atoms with Gasteiger partial charge in [0.15, 0.2) is 0 Å². The minimum Gasteiger partial charge on any atom is -0.352 e. The molecule has 10 heteroatoms. The van der Waals surface area contributed by atoms with E-state index in [4.69, 9.17) is 23.2 Å². The summed E-state index contributed by atoms with van der Waals surface area (Å²) in [5.74, 6) is -0.933.